The SMILES string of the molecule is Cc1cc(C)c(C(=O)[C@H](C)OC(=O)COc2ccccc2C(N)=O)cc1C. The first kappa shape index (κ1) is 20.2. The Labute approximate surface area is 158 Å². The van der Waals surface area contributed by atoms with E-state index in [9.17, 15) is 14.4 Å². The lowest BCUT2D eigenvalue weighted by Gasteiger charge is -2.15. The normalized spacial score (nSPS) is 11.6. The van der Waals surface area contributed by atoms with Crippen molar-refractivity contribution in [3.05, 3.63) is 64.2 Å². The van der Waals surface area contributed by atoms with Crippen LogP contribution in [0.15, 0.2) is 36.4 Å². The number of aryl methyl sites for hydroxylation is 3. The number of hydrogen-bond donors (Lipinski definition) is 1. The maximum absolute atomic E-state index is 12.6. The van der Waals surface area contributed by atoms with Crippen LogP contribution in [0.1, 0.15) is 44.3 Å². The lowest BCUT2D eigenvalue weighted by Crippen LogP contribution is -2.28. The van der Waals surface area contributed by atoms with Crippen molar-refractivity contribution in [2.45, 2.75) is 33.8 Å². The number of ether oxygens (including phenoxy) is 2. The summed E-state index contributed by atoms with van der Waals surface area (Å²) < 4.78 is 10.5. The van der Waals surface area contributed by atoms with Gasteiger partial charge in [-0.15, -0.1) is 0 Å². The summed E-state index contributed by atoms with van der Waals surface area (Å²) in [5.41, 5.74) is 8.87. The summed E-state index contributed by atoms with van der Waals surface area (Å²) in [5.74, 6) is -1.46. The number of benzene rings is 2. The molecule has 0 radical (unpaired) electrons. The van der Waals surface area contributed by atoms with Crippen LogP contribution in [0.4, 0.5) is 0 Å². The van der Waals surface area contributed by atoms with Crippen molar-refractivity contribution in [3.8, 4) is 5.75 Å². The fourth-order valence-electron chi connectivity index (χ4n) is 2.66. The van der Waals surface area contributed by atoms with E-state index in [0.29, 0.717) is 5.56 Å². The summed E-state index contributed by atoms with van der Waals surface area (Å²) in [4.78, 5) is 36.0. The topological polar surface area (TPSA) is 95.7 Å². The molecule has 0 fully saturated rings. The molecule has 0 saturated heterocycles. The van der Waals surface area contributed by atoms with Crippen LogP contribution in [0.25, 0.3) is 0 Å². The molecule has 6 nitrogen and oxygen atoms in total. The number of ketones is 1. The standard InChI is InChI=1S/C21H23NO5/c1-12-9-14(3)17(10-13(12)2)20(24)15(4)27-19(23)11-26-18-8-6-5-7-16(18)21(22)25/h5-10,15H,11H2,1-4H3,(H2,22,25)/t15-/m0/s1. The van der Waals surface area contributed by atoms with Crippen molar-refractivity contribution in [2.75, 3.05) is 6.61 Å². The molecule has 1 amide bonds. The molecule has 0 bridgehead atoms. The fourth-order valence-corrected chi connectivity index (χ4v) is 2.66. The molecule has 0 aliphatic rings. The summed E-state index contributed by atoms with van der Waals surface area (Å²) >= 11 is 0. The molecule has 1 atom stereocenters. The monoisotopic (exact) mass is 369 g/mol. The second kappa shape index (κ2) is 8.49. The number of esters is 1. The van der Waals surface area contributed by atoms with Gasteiger partial charge in [0.2, 0.25) is 5.78 Å². The molecule has 0 aliphatic heterocycles. The third kappa shape index (κ3) is 4.94. The highest BCUT2D eigenvalue weighted by molar-refractivity contribution is 6.01. The van der Waals surface area contributed by atoms with Crippen molar-refractivity contribution in [1.29, 1.82) is 0 Å². The van der Waals surface area contributed by atoms with Gasteiger partial charge in [-0.3, -0.25) is 9.59 Å². The first-order valence-electron chi connectivity index (χ1n) is 8.54. The summed E-state index contributed by atoms with van der Waals surface area (Å²) in [5, 5.41) is 0. The summed E-state index contributed by atoms with van der Waals surface area (Å²) in [6, 6.07) is 10.1. The van der Waals surface area contributed by atoms with E-state index in [1.165, 1.54) is 19.1 Å². The largest absolute Gasteiger partial charge is 0.481 e. The molecular weight excluding hydrogens is 346 g/mol. The highest BCUT2D eigenvalue weighted by atomic mass is 16.6. The molecule has 6 heteroatoms. The molecule has 27 heavy (non-hydrogen) atoms. The van der Waals surface area contributed by atoms with Gasteiger partial charge in [0.25, 0.3) is 5.91 Å². The Morgan fingerprint density at radius 2 is 1.59 bits per heavy atom. The van der Waals surface area contributed by atoms with Crippen LogP contribution < -0.4 is 10.5 Å². The maximum atomic E-state index is 12.6. The molecular formula is C21H23NO5. The Morgan fingerprint density at radius 1 is 0.963 bits per heavy atom. The van der Waals surface area contributed by atoms with Gasteiger partial charge in [-0.05, 0) is 62.6 Å². The smallest absolute Gasteiger partial charge is 0.344 e. The van der Waals surface area contributed by atoms with Crippen LogP contribution >= 0.6 is 0 Å². The van der Waals surface area contributed by atoms with E-state index in [2.05, 4.69) is 0 Å². The Hall–Kier alpha value is -3.15. The summed E-state index contributed by atoms with van der Waals surface area (Å²) in [6.07, 6.45) is -0.951. The lowest BCUT2D eigenvalue weighted by atomic mass is 9.96. The van der Waals surface area contributed by atoms with E-state index in [4.69, 9.17) is 15.2 Å². The molecule has 2 rings (SSSR count). The predicted molar refractivity (Wildman–Crippen MR) is 101 cm³/mol. The Balaban J connectivity index is 2.01. The summed E-state index contributed by atoms with van der Waals surface area (Å²) in [7, 11) is 0. The zero-order chi connectivity index (χ0) is 20.1. The zero-order valence-electron chi connectivity index (χ0n) is 15.9. The van der Waals surface area contributed by atoms with Gasteiger partial charge in [0, 0.05) is 5.56 Å². The number of carbonyl (C=O) groups excluding carboxylic acids is 3. The molecule has 0 saturated carbocycles. The van der Waals surface area contributed by atoms with E-state index in [-0.39, 0.29) is 17.1 Å². The molecule has 142 valence electrons. The molecule has 0 heterocycles. The molecule has 2 aromatic carbocycles. The lowest BCUT2D eigenvalue weighted by molar-refractivity contribution is -0.148. The van der Waals surface area contributed by atoms with Crippen LogP contribution in [0.5, 0.6) is 5.75 Å². The predicted octanol–water partition coefficient (Wildman–Crippen LogP) is 2.90. The Kier molecular flexibility index (Phi) is 6.34. The van der Waals surface area contributed by atoms with Crippen LogP contribution in [-0.4, -0.2) is 30.4 Å². The van der Waals surface area contributed by atoms with Crippen LogP contribution in [-0.2, 0) is 9.53 Å². The van der Waals surface area contributed by atoms with E-state index >= 15 is 0 Å². The number of primary amides is 1. The first-order chi connectivity index (χ1) is 12.7. The van der Waals surface area contributed by atoms with Crippen molar-refractivity contribution in [3.63, 3.8) is 0 Å². The maximum Gasteiger partial charge on any atom is 0.344 e. The van der Waals surface area contributed by atoms with Gasteiger partial charge in [0.05, 0.1) is 5.56 Å². The quantitative estimate of drug-likeness (QED) is 0.598. The van der Waals surface area contributed by atoms with Gasteiger partial charge in [-0.1, -0.05) is 18.2 Å². The fraction of sp³-hybridized carbons (Fsp3) is 0.286. The molecule has 2 aromatic rings. The average Bonchev–Trinajstić information content (AvgIpc) is 2.62. The highest BCUT2D eigenvalue weighted by Crippen LogP contribution is 2.19. The molecule has 0 spiro atoms. The van der Waals surface area contributed by atoms with E-state index < -0.39 is 24.6 Å². The minimum absolute atomic E-state index is 0.167. The van der Waals surface area contributed by atoms with Crippen LogP contribution in [0.2, 0.25) is 0 Å². The van der Waals surface area contributed by atoms with Crippen LogP contribution in [0, 0.1) is 20.8 Å². The number of rotatable bonds is 7. The van der Waals surface area contributed by atoms with Crippen molar-refractivity contribution >= 4 is 17.7 Å². The molecule has 0 unspecified atom stereocenters. The minimum atomic E-state index is -0.951. The number of amides is 1. The van der Waals surface area contributed by atoms with E-state index in [1.807, 2.05) is 26.8 Å². The number of Topliss-reactive ketones (excluding diaryl/α,β-unsaturated/α-hetero) is 1. The summed E-state index contributed by atoms with van der Waals surface area (Å²) in [6.45, 7) is 6.83. The number of hydrogen-bond acceptors (Lipinski definition) is 5. The molecule has 0 aromatic heterocycles. The zero-order valence-corrected chi connectivity index (χ0v) is 15.9. The third-order valence-corrected chi connectivity index (χ3v) is 4.28. The van der Waals surface area contributed by atoms with Gasteiger partial charge in [0.1, 0.15) is 5.75 Å². The average molecular weight is 369 g/mol. The molecule has 2 N–H and O–H groups in total. The van der Waals surface area contributed by atoms with Gasteiger partial charge in [0.15, 0.2) is 12.7 Å². The number of nitrogens with two attached hydrogens (primary N) is 1. The van der Waals surface area contributed by atoms with Gasteiger partial charge >= 0.3 is 5.97 Å². The second-order valence-electron chi connectivity index (χ2n) is 6.40. The van der Waals surface area contributed by atoms with E-state index in [1.54, 1.807) is 18.2 Å². The molecule has 0 aliphatic carbocycles. The number of carbonyl (C=O) groups is 3. The van der Waals surface area contributed by atoms with Crippen molar-refractivity contribution < 1.29 is 23.9 Å². The minimum Gasteiger partial charge on any atom is -0.481 e. The van der Waals surface area contributed by atoms with Gasteiger partial charge < -0.3 is 15.2 Å². The van der Waals surface area contributed by atoms with Crippen LogP contribution in [0.3, 0.4) is 0 Å². The van der Waals surface area contributed by atoms with Gasteiger partial charge in [-0.25, -0.2) is 4.79 Å². The van der Waals surface area contributed by atoms with Crippen molar-refractivity contribution in [1.82, 2.24) is 0 Å². The van der Waals surface area contributed by atoms with Gasteiger partial charge in [-0.2, -0.15) is 0 Å². The number of para-hydroxylation sites is 1. The third-order valence-electron chi connectivity index (χ3n) is 4.28. The Bertz CT molecular complexity index is 888. The van der Waals surface area contributed by atoms with Crippen molar-refractivity contribution in [2.24, 2.45) is 5.73 Å². The second-order valence-corrected chi connectivity index (χ2v) is 6.40. The first-order valence-corrected chi connectivity index (χ1v) is 8.54. The highest BCUT2D eigenvalue weighted by Gasteiger charge is 2.22. The van der Waals surface area contributed by atoms with E-state index in [0.717, 1.165) is 16.7 Å². The Morgan fingerprint density at radius 3 is 2.26 bits per heavy atom.